The minimum Gasteiger partial charge on any atom is -0.488 e. The van der Waals surface area contributed by atoms with Gasteiger partial charge in [0.25, 0.3) is 5.56 Å². The van der Waals surface area contributed by atoms with Crippen LogP contribution in [0.5, 0.6) is 11.5 Å². The van der Waals surface area contributed by atoms with Gasteiger partial charge in [0.15, 0.2) is 17.2 Å². The molecule has 4 rings (SSSR count). The van der Waals surface area contributed by atoms with Crippen LogP contribution >= 0.6 is 0 Å². The van der Waals surface area contributed by atoms with Crippen molar-refractivity contribution in [1.29, 1.82) is 0 Å². The molecule has 1 aliphatic heterocycles. The summed E-state index contributed by atoms with van der Waals surface area (Å²) in [5.74, 6) is 0.181. The van der Waals surface area contributed by atoms with Crippen molar-refractivity contribution in [3.63, 3.8) is 0 Å². The number of carbonyl (C=O) groups is 1. The van der Waals surface area contributed by atoms with Gasteiger partial charge in [0.05, 0.1) is 36.8 Å². The van der Waals surface area contributed by atoms with Crippen LogP contribution in [0.3, 0.4) is 0 Å². The molecule has 3 heterocycles. The van der Waals surface area contributed by atoms with Crippen LogP contribution < -0.4 is 30.6 Å². The second-order valence-corrected chi connectivity index (χ2v) is 9.31. The van der Waals surface area contributed by atoms with E-state index >= 15 is 0 Å². The molecular weight excluding hydrogens is 519 g/mol. The summed E-state index contributed by atoms with van der Waals surface area (Å²) in [5.41, 5.74) is -0.907. The van der Waals surface area contributed by atoms with E-state index in [1.807, 2.05) is 0 Å². The number of aromatic amines is 1. The van der Waals surface area contributed by atoms with Gasteiger partial charge in [-0.1, -0.05) is 0 Å². The quantitative estimate of drug-likeness (QED) is 0.373. The Morgan fingerprint density at radius 2 is 1.90 bits per heavy atom. The van der Waals surface area contributed by atoms with E-state index in [2.05, 4.69) is 20.6 Å². The van der Waals surface area contributed by atoms with Crippen LogP contribution in [0.4, 0.5) is 35.2 Å². The molecule has 0 unspecified atom stereocenters. The number of carbonyl (C=O) groups excluding carboxylic acids is 1. The van der Waals surface area contributed by atoms with Crippen LogP contribution in [0.1, 0.15) is 19.4 Å². The van der Waals surface area contributed by atoms with Crippen molar-refractivity contribution in [3.05, 3.63) is 58.5 Å². The molecule has 0 bridgehead atoms. The number of nitrogens with one attached hydrogen (secondary N) is 3. The van der Waals surface area contributed by atoms with Crippen LogP contribution in [0.2, 0.25) is 0 Å². The number of H-pyrrole nitrogens is 1. The van der Waals surface area contributed by atoms with Crippen molar-refractivity contribution in [2.45, 2.75) is 25.6 Å². The first-order chi connectivity index (χ1) is 18.4. The number of aromatic nitrogens is 2. The molecule has 0 atom stereocenters. The van der Waals surface area contributed by atoms with Crippen molar-refractivity contribution < 1.29 is 32.2 Å². The Morgan fingerprint density at radius 3 is 2.51 bits per heavy atom. The number of hydrogen-bond donors (Lipinski definition) is 3. The fourth-order valence-electron chi connectivity index (χ4n) is 3.84. The van der Waals surface area contributed by atoms with Crippen LogP contribution in [-0.2, 0) is 10.9 Å². The number of anilines is 3. The average Bonchev–Trinajstić information content (AvgIpc) is 2.85. The van der Waals surface area contributed by atoms with Gasteiger partial charge in [0, 0.05) is 31.5 Å². The fraction of sp³-hybridized carbons (Fsp3) is 0.346. The fourth-order valence-corrected chi connectivity index (χ4v) is 3.84. The highest BCUT2D eigenvalue weighted by Gasteiger charge is 2.40. The lowest BCUT2D eigenvalue weighted by Gasteiger charge is -2.38. The van der Waals surface area contributed by atoms with Crippen molar-refractivity contribution in [2.75, 3.05) is 49.4 Å². The Balaban J connectivity index is 1.54. The first-order valence-corrected chi connectivity index (χ1v) is 12.0. The van der Waals surface area contributed by atoms with Gasteiger partial charge in [-0.15, -0.1) is 0 Å². The van der Waals surface area contributed by atoms with E-state index in [1.54, 1.807) is 51.0 Å². The van der Waals surface area contributed by atoms with E-state index < -0.39 is 23.4 Å². The van der Waals surface area contributed by atoms with Crippen molar-refractivity contribution >= 4 is 23.2 Å². The second-order valence-electron chi connectivity index (χ2n) is 9.31. The highest BCUT2D eigenvalue weighted by atomic mass is 19.4. The molecule has 39 heavy (non-hydrogen) atoms. The molecule has 0 spiro atoms. The van der Waals surface area contributed by atoms with Gasteiger partial charge in [0.1, 0.15) is 5.75 Å². The van der Waals surface area contributed by atoms with E-state index in [-0.39, 0.29) is 36.0 Å². The van der Waals surface area contributed by atoms with Gasteiger partial charge >= 0.3 is 12.2 Å². The third-order valence-corrected chi connectivity index (χ3v) is 5.73. The first-order valence-electron chi connectivity index (χ1n) is 12.0. The number of alkyl halides is 3. The second kappa shape index (κ2) is 10.8. The molecule has 2 amide bonds. The smallest absolute Gasteiger partial charge is 0.420 e. The predicted molar refractivity (Wildman–Crippen MR) is 140 cm³/mol. The molecule has 3 N–H and O–H groups in total. The normalized spacial score (nSPS) is 14.2. The molecule has 1 saturated heterocycles. The molecule has 1 fully saturated rings. The summed E-state index contributed by atoms with van der Waals surface area (Å²) in [6.07, 6.45) is -3.21. The number of pyridine rings is 2. The van der Waals surface area contributed by atoms with Gasteiger partial charge in [-0.3, -0.25) is 4.79 Å². The summed E-state index contributed by atoms with van der Waals surface area (Å²) in [6, 6.07) is 7.34. The summed E-state index contributed by atoms with van der Waals surface area (Å²) in [7, 11) is 3.44. The lowest BCUT2D eigenvalue weighted by atomic mass is 10.0. The maximum Gasteiger partial charge on any atom is 0.420 e. The number of nitrogens with zero attached hydrogens (tertiary/aromatic N) is 2. The van der Waals surface area contributed by atoms with E-state index in [0.29, 0.717) is 29.4 Å². The molecule has 0 saturated carbocycles. The van der Waals surface area contributed by atoms with Crippen LogP contribution in [-0.4, -0.2) is 55.5 Å². The Hall–Kier alpha value is -4.26. The monoisotopic (exact) mass is 547 g/mol. The Labute approximate surface area is 222 Å². The Bertz CT molecular complexity index is 1420. The lowest BCUT2D eigenvalue weighted by molar-refractivity contribution is -0.160. The summed E-state index contributed by atoms with van der Waals surface area (Å²) < 4.78 is 57.2. The Kier molecular flexibility index (Phi) is 7.72. The molecule has 208 valence electrons. The molecule has 10 nitrogen and oxygen atoms in total. The van der Waals surface area contributed by atoms with Gasteiger partial charge in [-0.2, -0.15) is 13.2 Å². The number of benzene rings is 1. The molecular formula is C26H28F3N5O5. The predicted octanol–water partition coefficient (Wildman–Crippen LogP) is 4.73. The number of halogens is 3. The maximum atomic E-state index is 13.7. The number of rotatable bonds is 8. The summed E-state index contributed by atoms with van der Waals surface area (Å²) >= 11 is 0. The van der Waals surface area contributed by atoms with Gasteiger partial charge in [0.2, 0.25) is 0 Å². The van der Waals surface area contributed by atoms with Gasteiger partial charge in [-0.25, -0.2) is 9.78 Å². The molecule has 1 aromatic carbocycles. The standard InChI is InChI=1S/C26H28F3N5O5/c1-5-38-21-10-15(12-30-23(21)35)18-7-8-19(22(32-18)34(3)4)33-24(36)31-16-6-9-20(17(11-16)26(27,28)29)39-25(2)13-37-14-25/h6-12H,5,13-14H2,1-4H3,(H,30,35)(H2,31,33,36). The van der Waals surface area contributed by atoms with Crippen molar-refractivity contribution in [1.82, 2.24) is 9.97 Å². The van der Waals surface area contributed by atoms with Crippen LogP contribution in [0.15, 0.2) is 47.4 Å². The summed E-state index contributed by atoms with van der Waals surface area (Å²) in [6.45, 7) is 4.10. The van der Waals surface area contributed by atoms with Crippen molar-refractivity contribution in [3.8, 4) is 22.8 Å². The minimum atomic E-state index is -4.70. The average molecular weight is 548 g/mol. The number of ether oxygens (including phenoxy) is 3. The number of urea groups is 1. The topological polar surface area (TPSA) is 118 Å². The van der Waals surface area contributed by atoms with Gasteiger partial charge in [-0.05, 0) is 50.2 Å². The van der Waals surface area contributed by atoms with E-state index in [1.165, 1.54) is 18.3 Å². The molecule has 3 aromatic rings. The van der Waals surface area contributed by atoms with Crippen LogP contribution in [0.25, 0.3) is 11.3 Å². The largest absolute Gasteiger partial charge is 0.488 e. The van der Waals surface area contributed by atoms with E-state index in [9.17, 15) is 22.8 Å². The Morgan fingerprint density at radius 1 is 1.15 bits per heavy atom. The first kappa shape index (κ1) is 27.8. The minimum absolute atomic E-state index is 0.0742. The number of hydrogen-bond acceptors (Lipinski definition) is 7. The summed E-state index contributed by atoms with van der Waals surface area (Å²) in [5, 5.41) is 5.05. The zero-order valence-electron chi connectivity index (χ0n) is 21.7. The molecule has 0 aliphatic carbocycles. The highest BCUT2D eigenvalue weighted by molar-refractivity contribution is 6.01. The molecule has 2 aromatic heterocycles. The third-order valence-electron chi connectivity index (χ3n) is 5.73. The molecule has 0 radical (unpaired) electrons. The summed E-state index contributed by atoms with van der Waals surface area (Å²) in [4.78, 5) is 33.5. The zero-order valence-corrected chi connectivity index (χ0v) is 21.7. The van der Waals surface area contributed by atoms with Gasteiger partial charge < -0.3 is 34.7 Å². The van der Waals surface area contributed by atoms with Crippen LogP contribution in [0, 0.1) is 0 Å². The lowest BCUT2D eigenvalue weighted by Crippen LogP contribution is -2.51. The maximum absolute atomic E-state index is 13.7. The highest BCUT2D eigenvalue weighted by Crippen LogP contribution is 2.40. The van der Waals surface area contributed by atoms with E-state index in [4.69, 9.17) is 14.2 Å². The molecule has 1 aliphatic rings. The number of amides is 2. The third kappa shape index (κ3) is 6.42. The zero-order chi connectivity index (χ0) is 28.4. The van der Waals surface area contributed by atoms with Crippen molar-refractivity contribution in [2.24, 2.45) is 0 Å². The molecule has 13 heteroatoms. The van der Waals surface area contributed by atoms with E-state index in [0.717, 1.165) is 6.07 Å². The SMILES string of the molecule is CCOc1cc(-c2ccc(NC(=O)Nc3ccc(OC4(C)COC4)c(C(F)(F)F)c3)c(N(C)C)n2)c[nH]c1=O.